The first-order valence-electron chi connectivity index (χ1n) is 5.53. The number of rotatable bonds is 5. The molecule has 0 aromatic heterocycles. The fourth-order valence-electron chi connectivity index (χ4n) is 1.24. The van der Waals surface area contributed by atoms with Gasteiger partial charge in [-0.15, -0.1) is 0 Å². The zero-order chi connectivity index (χ0) is 13.5. The van der Waals surface area contributed by atoms with Crippen LogP contribution in [0.1, 0.15) is 23.7 Å². The molecule has 0 heterocycles. The van der Waals surface area contributed by atoms with Crippen LogP contribution in [-0.4, -0.2) is 25.0 Å². The summed E-state index contributed by atoms with van der Waals surface area (Å²) in [5.74, 6) is -1.67. The average molecular weight is 254 g/mol. The molecule has 0 unspecified atom stereocenters. The zero-order valence-corrected chi connectivity index (χ0v) is 10.0. The van der Waals surface area contributed by atoms with E-state index in [9.17, 15) is 14.0 Å². The van der Waals surface area contributed by atoms with Crippen LogP contribution in [0.4, 0.5) is 10.1 Å². The third-order valence-electron chi connectivity index (χ3n) is 2.14. The Morgan fingerprint density at radius 1 is 1.44 bits per heavy atom. The molecule has 0 radical (unpaired) electrons. The molecule has 5 nitrogen and oxygen atoms in total. The van der Waals surface area contributed by atoms with Crippen LogP contribution in [0.2, 0.25) is 0 Å². The van der Waals surface area contributed by atoms with Gasteiger partial charge in [-0.25, -0.2) is 9.18 Å². The first kappa shape index (κ1) is 14.0. The van der Waals surface area contributed by atoms with E-state index in [1.807, 2.05) is 6.92 Å². The second-order valence-electron chi connectivity index (χ2n) is 3.66. The molecule has 0 aliphatic heterocycles. The Balaban J connectivity index is 2.53. The lowest BCUT2D eigenvalue weighted by atomic mass is 10.2. The van der Waals surface area contributed by atoms with Crippen LogP contribution in [-0.2, 0) is 9.53 Å². The summed E-state index contributed by atoms with van der Waals surface area (Å²) < 4.78 is 17.5. The normalized spacial score (nSPS) is 9.89. The van der Waals surface area contributed by atoms with Gasteiger partial charge in [0.25, 0.3) is 5.91 Å². The molecule has 0 fully saturated rings. The molecule has 6 heteroatoms. The van der Waals surface area contributed by atoms with Gasteiger partial charge >= 0.3 is 5.97 Å². The zero-order valence-electron chi connectivity index (χ0n) is 10.0. The Morgan fingerprint density at radius 2 is 2.17 bits per heavy atom. The van der Waals surface area contributed by atoms with E-state index in [0.717, 1.165) is 18.6 Å². The van der Waals surface area contributed by atoms with E-state index in [2.05, 4.69) is 5.32 Å². The third kappa shape index (κ3) is 4.04. The summed E-state index contributed by atoms with van der Waals surface area (Å²) in [6.45, 7) is 2.05. The number of carbonyl (C=O) groups is 2. The number of carbonyl (C=O) groups excluding carboxylic acids is 2. The molecular formula is C12H15FN2O3. The summed E-state index contributed by atoms with van der Waals surface area (Å²) in [4.78, 5) is 22.7. The van der Waals surface area contributed by atoms with Crippen molar-refractivity contribution in [3.63, 3.8) is 0 Å². The van der Waals surface area contributed by atoms with E-state index in [0.29, 0.717) is 6.54 Å². The van der Waals surface area contributed by atoms with Crippen molar-refractivity contribution in [3.8, 4) is 0 Å². The van der Waals surface area contributed by atoms with Crippen molar-refractivity contribution in [2.45, 2.75) is 13.3 Å². The van der Waals surface area contributed by atoms with Crippen molar-refractivity contribution in [1.82, 2.24) is 5.32 Å². The number of nitrogens with one attached hydrogen (secondary N) is 1. The summed E-state index contributed by atoms with van der Waals surface area (Å²) in [6, 6.07) is 3.34. The molecule has 1 rings (SSSR count). The molecule has 98 valence electrons. The summed E-state index contributed by atoms with van der Waals surface area (Å²) >= 11 is 0. The summed E-state index contributed by atoms with van der Waals surface area (Å²) in [6.07, 6.45) is 0.796. The predicted molar refractivity (Wildman–Crippen MR) is 64.4 cm³/mol. The molecule has 0 bridgehead atoms. The second kappa shape index (κ2) is 6.58. The van der Waals surface area contributed by atoms with Crippen molar-refractivity contribution >= 4 is 17.6 Å². The van der Waals surface area contributed by atoms with Gasteiger partial charge in [0.05, 0.1) is 5.56 Å². The van der Waals surface area contributed by atoms with Crippen LogP contribution in [0.3, 0.4) is 0 Å². The number of amides is 1. The lowest BCUT2D eigenvalue weighted by Crippen LogP contribution is -2.29. The topological polar surface area (TPSA) is 81.4 Å². The second-order valence-corrected chi connectivity index (χ2v) is 3.66. The van der Waals surface area contributed by atoms with Gasteiger partial charge in [-0.1, -0.05) is 6.92 Å². The van der Waals surface area contributed by atoms with Crippen molar-refractivity contribution < 1.29 is 18.7 Å². The predicted octanol–water partition coefficient (Wildman–Crippen LogP) is 1.09. The SMILES string of the molecule is CCCNC(=O)COC(=O)c1ccc(F)cc1N. The molecular weight excluding hydrogens is 239 g/mol. The molecule has 0 aliphatic rings. The van der Waals surface area contributed by atoms with Gasteiger partial charge in [0.2, 0.25) is 0 Å². The Hall–Kier alpha value is -2.11. The van der Waals surface area contributed by atoms with Crippen LogP contribution in [0.15, 0.2) is 18.2 Å². The van der Waals surface area contributed by atoms with Gasteiger partial charge < -0.3 is 15.8 Å². The van der Waals surface area contributed by atoms with Crippen LogP contribution in [0.5, 0.6) is 0 Å². The number of hydrogen-bond acceptors (Lipinski definition) is 4. The highest BCUT2D eigenvalue weighted by atomic mass is 19.1. The van der Waals surface area contributed by atoms with Crippen molar-refractivity contribution in [3.05, 3.63) is 29.6 Å². The van der Waals surface area contributed by atoms with Crippen molar-refractivity contribution in [1.29, 1.82) is 0 Å². The summed E-state index contributed by atoms with van der Waals surface area (Å²) in [7, 11) is 0. The number of esters is 1. The standard InChI is InChI=1S/C12H15FN2O3/c1-2-5-15-11(16)7-18-12(17)9-4-3-8(13)6-10(9)14/h3-4,6H,2,5,7,14H2,1H3,(H,15,16). The van der Waals surface area contributed by atoms with Crippen molar-refractivity contribution in [2.75, 3.05) is 18.9 Å². The number of benzene rings is 1. The van der Waals surface area contributed by atoms with E-state index in [1.165, 1.54) is 6.07 Å². The average Bonchev–Trinajstić information content (AvgIpc) is 2.33. The molecule has 0 spiro atoms. The number of hydrogen-bond donors (Lipinski definition) is 2. The highest BCUT2D eigenvalue weighted by Crippen LogP contribution is 2.14. The number of anilines is 1. The summed E-state index contributed by atoms with van der Waals surface area (Å²) in [5.41, 5.74) is 5.49. The van der Waals surface area contributed by atoms with Gasteiger partial charge in [0.15, 0.2) is 6.61 Å². The van der Waals surface area contributed by atoms with Crippen LogP contribution < -0.4 is 11.1 Å². The van der Waals surface area contributed by atoms with Gasteiger partial charge in [-0.3, -0.25) is 4.79 Å². The number of nitrogens with two attached hydrogens (primary N) is 1. The maximum Gasteiger partial charge on any atom is 0.340 e. The number of halogens is 1. The minimum atomic E-state index is -0.751. The quantitative estimate of drug-likeness (QED) is 0.608. The minimum absolute atomic E-state index is 0.0195. The smallest absolute Gasteiger partial charge is 0.340 e. The molecule has 0 saturated heterocycles. The molecule has 1 aromatic rings. The maximum atomic E-state index is 12.8. The molecule has 18 heavy (non-hydrogen) atoms. The molecule has 0 atom stereocenters. The van der Waals surface area contributed by atoms with Gasteiger partial charge in [0, 0.05) is 12.2 Å². The number of ether oxygens (including phenoxy) is 1. The Labute approximate surface area is 104 Å². The molecule has 0 aliphatic carbocycles. The first-order valence-corrected chi connectivity index (χ1v) is 5.53. The Bertz CT molecular complexity index is 449. The Morgan fingerprint density at radius 3 is 2.78 bits per heavy atom. The molecule has 0 saturated carbocycles. The van der Waals surface area contributed by atoms with Gasteiger partial charge in [0.1, 0.15) is 5.82 Å². The monoisotopic (exact) mass is 254 g/mol. The van der Waals surface area contributed by atoms with E-state index < -0.39 is 11.8 Å². The third-order valence-corrected chi connectivity index (χ3v) is 2.14. The minimum Gasteiger partial charge on any atom is -0.452 e. The van der Waals surface area contributed by atoms with Crippen LogP contribution in [0.25, 0.3) is 0 Å². The molecule has 3 N–H and O–H groups in total. The Kier molecular flexibility index (Phi) is 5.10. The lowest BCUT2D eigenvalue weighted by molar-refractivity contribution is -0.124. The van der Waals surface area contributed by atoms with Gasteiger partial charge in [-0.2, -0.15) is 0 Å². The fourth-order valence-corrected chi connectivity index (χ4v) is 1.24. The van der Waals surface area contributed by atoms with Crippen molar-refractivity contribution in [2.24, 2.45) is 0 Å². The summed E-state index contributed by atoms with van der Waals surface area (Å²) in [5, 5.41) is 2.56. The maximum absolute atomic E-state index is 12.8. The molecule has 1 aromatic carbocycles. The van der Waals surface area contributed by atoms with E-state index in [-0.39, 0.29) is 23.8 Å². The molecule has 1 amide bonds. The first-order chi connectivity index (χ1) is 8.54. The van der Waals surface area contributed by atoms with Crippen LogP contribution in [0, 0.1) is 5.82 Å². The van der Waals surface area contributed by atoms with Crippen LogP contribution >= 0.6 is 0 Å². The lowest BCUT2D eigenvalue weighted by Gasteiger charge is -2.07. The van der Waals surface area contributed by atoms with Gasteiger partial charge in [-0.05, 0) is 24.6 Å². The van der Waals surface area contributed by atoms with E-state index >= 15 is 0 Å². The van der Waals surface area contributed by atoms with E-state index in [1.54, 1.807) is 0 Å². The highest BCUT2D eigenvalue weighted by Gasteiger charge is 2.13. The fraction of sp³-hybridized carbons (Fsp3) is 0.333. The number of nitrogen functional groups attached to an aromatic ring is 1. The van der Waals surface area contributed by atoms with E-state index in [4.69, 9.17) is 10.5 Å². The largest absolute Gasteiger partial charge is 0.452 e. The highest BCUT2D eigenvalue weighted by molar-refractivity contribution is 5.96.